The van der Waals surface area contributed by atoms with Crippen molar-refractivity contribution in [3.8, 4) is 0 Å². The average Bonchev–Trinajstić information content (AvgIpc) is 2.87. The van der Waals surface area contributed by atoms with E-state index in [1.807, 2.05) is 36.4 Å². The maximum atomic E-state index is 13.1. The van der Waals surface area contributed by atoms with Gasteiger partial charge in [0.25, 0.3) is 0 Å². The summed E-state index contributed by atoms with van der Waals surface area (Å²) in [6.45, 7) is 5.01. The fourth-order valence-corrected chi connectivity index (χ4v) is 4.89. The van der Waals surface area contributed by atoms with E-state index in [-0.39, 0.29) is 6.61 Å². The molecule has 2 aromatic carbocycles. The van der Waals surface area contributed by atoms with E-state index in [1.165, 1.54) is 11.8 Å². The van der Waals surface area contributed by atoms with Crippen molar-refractivity contribution in [1.29, 1.82) is 0 Å². The first kappa shape index (κ1) is 26.7. The van der Waals surface area contributed by atoms with Crippen LogP contribution in [0, 0.1) is 0 Å². The summed E-state index contributed by atoms with van der Waals surface area (Å²) in [5.74, 6) is -0.438. The molecule has 1 fully saturated rings. The van der Waals surface area contributed by atoms with E-state index in [4.69, 9.17) is 18.9 Å². The third kappa shape index (κ3) is 7.55. The van der Waals surface area contributed by atoms with Gasteiger partial charge in [0.2, 0.25) is 0 Å². The molecular weight excluding hydrogens is 452 g/mol. The lowest BCUT2D eigenvalue weighted by Crippen LogP contribution is -2.60. The van der Waals surface area contributed by atoms with Gasteiger partial charge in [-0.25, -0.2) is 4.79 Å². The van der Waals surface area contributed by atoms with Crippen LogP contribution in [-0.4, -0.2) is 60.7 Å². The van der Waals surface area contributed by atoms with Crippen LogP contribution in [0.2, 0.25) is 0 Å². The first-order chi connectivity index (χ1) is 16.7. The SMILES string of the molecule is CCCCOC1C(OC(=O)c2ccccc2)[C@H](Sc2ccccc2)OC(CO)[C@@H]1OCCCC. The maximum absolute atomic E-state index is 13.1. The van der Waals surface area contributed by atoms with Crippen molar-refractivity contribution in [1.82, 2.24) is 0 Å². The number of aliphatic hydroxyl groups excluding tert-OH is 1. The van der Waals surface area contributed by atoms with Crippen molar-refractivity contribution in [2.75, 3.05) is 19.8 Å². The standard InChI is InChI=1S/C27H36O6S/c1-3-5-17-30-23-22(19-28)32-27(34-21-15-11-8-12-16-21)25(24(23)31-18-6-4-2)33-26(29)20-13-9-7-10-14-20/h7-16,22-25,27-28H,3-6,17-19H2,1-2H3/t22?,23-,24?,25?,27-/m0/s1. The molecule has 3 rings (SSSR count). The van der Waals surface area contributed by atoms with Crippen LogP contribution in [0.3, 0.4) is 0 Å². The molecular formula is C27H36O6S. The van der Waals surface area contributed by atoms with Crippen molar-refractivity contribution >= 4 is 17.7 Å². The number of esters is 1. The number of hydrogen-bond acceptors (Lipinski definition) is 7. The molecule has 0 amide bonds. The number of unbranched alkanes of at least 4 members (excludes halogenated alkanes) is 2. The molecule has 1 heterocycles. The van der Waals surface area contributed by atoms with Gasteiger partial charge < -0.3 is 24.1 Å². The molecule has 0 aliphatic carbocycles. The lowest BCUT2D eigenvalue weighted by Gasteiger charge is -2.45. The van der Waals surface area contributed by atoms with Crippen LogP contribution in [0.25, 0.3) is 0 Å². The van der Waals surface area contributed by atoms with Gasteiger partial charge in [-0.15, -0.1) is 0 Å². The number of thioether (sulfide) groups is 1. The minimum absolute atomic E-state index is 0.213. The van der Waals surface area contributed by atoms with Gasteiger partial charge in [0.15, 0.2) is 6.10 Å². The Bertz CT molecular complexity index is 834. The summed E-state index contributed by atoms with van der Waals surface area (Å²) < 4.78 is 24.8. The van der Waals surface area contributed by atoms with Crippen LogP contribution in [0.4, 0.5) is 0 Å². The van der Waals surface area contributed by atoms with Crippen LogP contribution in [-0.2, 0) is 18.9 Å². The van der Waals surface area contributed by atoms with E-state index in [0.29, 0.717) is 18.8 Å². The average molecular weight is 489 g/mol. The lowest BCUT2D eigenvalue weighted by atomic mass is 9.99. The van der Waals surface area contributed by atoms with Gasteiger partial charge in [0.05, 0.1) is 12.2 Å². The van der Waals surface area contributed by atoms with Crippen LogP contribution >= 0.6 is 11.8 Å². The highest BCUT2D eigenvalue weighted by Gasteiger charge is 2.49. The molecule has 0 bridgehead atoms. The van der Waals surface area contributed by atoms with Crippen molar-refractivity contribution < 1.29 is 28.8 Å². The van der Waals surface area contributed by atoms with Gasteiger partial charge in [0.1, 0.15) is 23.7 Å². The molecule has 2 aromatic rings. The third-order valence-electron chi connectivity index (χ3n) is 5.64. The molecule has 7 heteroatoms. The Balaban J connectivity index is 1.90. The summed E-state index contributed by atoms with van der Waals surface area (Å²) in [4.78, 5) is 14.0. The van der Waals surface area contributed by atoms with Crippen LogP contribution in [0.15, 0.2) is 65.6 Å². The topological polar surface area (TPSA) is 74.2 Å². The molecule has 34 heavy (non-hydrogen) atoms. The predicted molar refractivity (Wildman–Crippen MR) is 133 cm³/mol. The number of rotatable bonds is 13. The van der Waals surface area contributed by atoms with E-state index >= 15 is 0 Å². The van der Waals surface area contributed by atoms with Crippen molar-refractivity contribution in [2.45, 2.75) is 74.3 Å². The van der Waals surface area contributed by atoms with Crippen molar-refractivity contribution in [3.63, 3.8) is 0 Å². The molecule has 5 atom stereocenters. The fraction of sp³-hybridized carbons (Fsp3) is 0.519. The Kier molecular flexibility index (Phi) is 11.4. The Morgan fingerprint density at radius 1 is 0.882 bits per heavy atom. The Labute approximate surface area is 206 Å². The largest absolute Gasteiger partial charge is 0.452 e. The van der Waals surface area contributed by atoms with Gasteiger partial charge in [-0.3, -0.25) is 0 Å². The van der Waals surface area contributed by atoms with Crippen LogP contribution in [0.5, 0.6) is 0 Å². The van der Waals surface area contributed by atoms with E-state index in [9.17, 15) is 9.90 Å². The zero-order valence-electron chi connectivity index (χ0n) is 20.0. The Hall–Kier alpha value is -1.90. The number of carbonyl (C=O) groups is 1. The normalized spacial score (nSPS) is 24.6. The molecule has 0 spiro atoms. The fourth-order valence-electron chi connectivity index (χ4n) is 3.76. The molecule has 0 aromatic heterocycles. The summed E-state index contributed by atoms with van der Waals surface area (Å²) in [5.41, 5.74) is -0.101. The summed E-state index contributed by atoms with van der Waals surface area (Å²) in [6, 6.07) is 18.7. The molecule has 186 valence electrons. The summed E-state index contributed by atoms with van der Waals surface area (Å²) in [7, 11) is 0. The molecule has 1 N–H and O–H groups in total. The van der Waals surface area contributed by atoms with E-state index < -0.39 is 35.8 Å². The summed E-state index contributed by atoms with van der Waals surface area (Å²) >= 11 is 1.46. The van der Waals surface area contributed by atoms with Crippen LogP contribution in [0.1, 0.15) is 49.9 Å². The third-order valence-corrected chi connectivity index (χ3v) is 6.79. The second-order valence-electron chi connectivity index (χ2n) is 8.27. The lowest BCUT2D eigenvalue weighted by molar-refractivity contribution is -0.234. The van der Waals surface area contributed by atoms with Crippen molar-refractivity contribution in [2.24, 2.45) is 0 Å². The number of aliphatic hydroxyl groups is 1. The second-order valence-corrected chi connectivity index (χ2v) is 9.44. The monoisotopic (exact) mass is 488 g/mol. The maximum Gasteiger partial charge on any atom is 0.338 e. The first-order valence-electron chi connectivity index (χ1n) is 12.1. The van der Waals surface area contributed by atoms with Gasteiger partial charge in [-0.05, 0) is 37.1 Å². The molecule has 1 saturated heterocycles. The zero-order valence-corrected chi connectivity index (χ0v) is 20.8. The second kappa shape index (κ2) is 14.5. The Morgan fingerprint density at radius 2 is 1.47 bits per heavy atom. The highest BCUT2D eigenvalue weighted by molar-refractivity contribution is 7.99. The van der Waals surface area contributed by atoms with Gasteiger partial charge in [0, 0.05) is 18.1 Å². The molecule has 0 radical (unpaired) electrons. The minimum atomic E-state index is -0.718. The highest BCUT2D eigenvalue weighted by atomic mass is 32.2. The molecule has 3 unspecified atom stereocenters. The van der Waals surface area contributed by atoms with Gasteiger partial charge >= 0.3 is 5.97 Å². The minimum Gasteiger partial charge on any atom is -0.452 e. The van der Waals surface area contributed by atoms with Gasteiger partial charge in [-0.2, -0.15) is 0 Å². The summed E-state index contributed by atoms with van der Waals surface area (Å²) in [6.07, 6.45) is 1.30. The smallest absolute Gasteiger partial charge is 0.338 e. The summed E-state index contributed by atoms with van der Waals surface area (Å²) in [5, 5.41) is 10.2. The van der Waals surface area contributed by atoms with E-state index in [1.54, 1.807) is 24.3 Å². The predicted octanol–water partition coefficient (Wildman–Crippen LogP) is 5.09. The highest BCUT2D eigenvalue weighted by Crippen LogP contribution is 2.37. The van der Waals surface area contributed by atoms with E-state index in [2.05, 4.69) is 13.8 Å². The number of carbonyl (C=O) groups excluding carboxylic acids is 1. The number of ether oxygens (including phenoxy) is 4. The molecule has 1 aliphatic rings. The van der Waals surface area contributed by atoms with Crippen LogP contribution < -0.4 is 0 Å². The number of hydrogen-bond donors (Lipinski definition) is 1. The van der Waals surface area contributed by atoms with Crippen molar-refractivity contribution in [3.05, 3.63) is 66.2 Å². The molecule has 1 aliphatic heterocycles. The molecule has 6 nitrogen and oxygen atoms in total. The Morgan fingerprint density at radius 3 is 2.06 bits per heavy atom. The quantitative estimate of drug-likeness (QED) is 0.311. The van der Waals surface area contributed by atoms with E-state index in [0.717, 1.165) is 30.6 Å². The first-order valence-corrected chi connectivity index (χ1v) is 13.0. The zero-order chi connectivity index (χ0) is 24.2. The number of benzene rings is 2. The van der Waals surface area contributed by atoms with Gasteiger partial charge in [-0.1, -0.05) is 74.8 Å². The molecule has 0 saturated carbocycles.